The van der Waals surface area contributed by atoms with Crippen molar-refractivity contribution >= 4 is 0 Å². The van der Waals surface area contributed by atoms with E-state index in [0.717, 1.165) is 5.69 Å². The second-order valence-electron chi connectivity index (χ2n) is 2.65. The van der Waals surface area contributed by atoms with E-state index in [1.807, 2.05) is 18.2 Å². The molecule has 63 valence electrons. The van der Waals surface area contributed by atoms with Gasteiger partial charge < -0.3 is 5.11 Å². The summed E-state index contributed by atoms with van der Waals surface area (Å²) in [6, 6.07) is 13.6. The highest BCUT2D eigenvalue weighted by Crippen LogP contribution is 2.25. The summed E-state index contributed by atoms with van der Waals surface area (Å²) >= 11 is 0. The Morgan fingerprint density at radius 2 is 2.08 bits per heavy atom. The summed E-state index contributed by atoms with van der Waals surface area (Å²) in [6.45, 7) is 0. The first-order valence-corrected chi connectivity index (χ1v) is 3.99. The lowest BCUT2D eigenvalue weighted by molar-refractivity contribution is 0.477. The van der Waals surface area contributed by atoms with Crippen molar-refractivity contribution in [1.82, 2.24) is 4.98 Å². The van der Waals surface area contributed by atoms with E-state index in [2.05, 4.69) is 11.1 Å². The quantitative estimate of drug-likeness (QED) is 0.712. The highest BCUT2D eigenvalue weighted by atomic mass is 16.3. The molecule has 1 aromatic carbocycles. The van der Waals surface area contributed by atoms with Gasteiger partial charge in [0.25, 0.3) is 0 Å². The zero-order valence-corrected chi connectivity index (χ0v) is 6.94. The molecule has 1 N–H and O–H groups in total. The van der Waals surface area contributed by atoms with Crippen LogP contribution in [0.5, 0.6) is 5.75 Å². The Balaban J connectivity index is 2.54. The number of rotatable bonds is 1. The number of nitrogens with zero attached hydrogens (tertiary/aromatic N) is 1. The van der Waals surface area contributed by atoms with E-state index in [4.69, 9.17) is 0 Å². The molecule has 2 nitrogen and oxygen atoms in total. The lowest BCUT2D eigenvalue weighted by Gasteiger charge is -2.01. The van der Waals surface area contributed by atoms with Gasteiger partial charge in [0.2, 0.25) is 0 Å². The monoisotopic (exact) mass is 170 g/mol. The predicted molar refractivity (Wildman–Crippen MR) is 50.2 cm³/mol. The molecule has 0 saturated heterocycles. The third kappa shape index (κ3) is 1.51. The second-order valence-corrected chi connectivity index (χ2v) is 2.65. The molecule has 1 heterocycles. The molecule has 0 aliphatic carbocycles. The highest BCUT2D eigenvalue weighted by Gasteiger charge is 2.02. The Bertz CT molecular complexity index is 398. The van der Waals surface area contributed by atoms with Gasteiger partial charge >= 0.3 is 0 Å². The molecule has 1 aromatic heterocycles. The van der Waals surface area contributed by atoms with Gasteiger partial charge in [0.15, 0.2) is 0 Å². The fraction of sp³-hybridized carbons (Fsp3) is 0. The lowest BCUT2D eigenvalue weighted by Crippen LogP contribution is -1.81. The SMILES string of the molecule is Oc1ccc[c]c1-c1ccccn1. The molecule has 0 fully saturated rings. The first-order chi connectivity index (χ1) is 6.38. The molecule has 2 aromatic rings. The van der Waals surface area contributed by atoms with E-state index in [1.54, 1.807) is 24.4 Å². The smallest absolute Gasteiger partial charge is 0.125 e. The molecule has 0 saturated carbocycles. The number of hydrogen-bond acceptors (Lipinski definition) is 2. The van der Waals surface area contributed by atoms with Gasteiger partial charge in [0, 0.05) is 11.8 Å². The summed E-state index contributed by atoms with van der Waals surface area (Å²) in [7, 11) is 0. The minimum absolute atomic E-state index is 0.209. The Kier molecular flexibility index (Phi) is 1.96. The van der Waals surface area contributed by atoms with Crippen LogP contribution in [0.1, 0.15) is 0 Å². The number of aromatic nitrogens is 1. The van der Waals surface area contributed by atoms with Crippen molar-refractivity contribution in [3.63, 3.8) is 0 Å². The van der Waals surface area contributed by atoms with Crippen molar-refractivity contribution in [2.24, 2.45) is 0 Å². The molecule has 2 rings (SSSR count). The number of pyridine rings is 1. The van der Waals surface area contributed by atoms with Crippen LogP contribution in [0.25, 0.3) is 11.3 Å². The Labute approximate surface area is 76.5 Å². The van der Waals surface area contributed by atoms with Crippen LogP contribution >= 0.6 is 0 Å². The third-order valence-corrected chi connectivity index (χ3v) is 1.76. The molecule has 13 heavy (non-hydrogen) atoms. The van der Waals surface area contributed by atoms with Gasteiger partial charge in [-0.1, -0.05) is 18.2 Å². The molecule has 0 aliphatic rings. The fourth-order valence-corrected chi connectivity index (χ4v) is 1.14. The summed E-state index contributed by atoms with van der Waals surface area (Å²) in [5.74, 6) is 0.209. The summed E-state index contributed by atoms with van der Waals surface area (Å²) in [4.78, 5) is 4.12. The largest absolute Gasteiger partial charge is 0.507 e. The number of benzene rings is 1. The van der Waals surface area contributed by atoms with E-state index < -0.39 is 0 Å². The van der Waals surface area contributed by atoms with Crippen molar-refractivity contribution in [3.05, 3.63) is 48.7 Å². The highest BCUT2D eigenvalue weighted by molar-refractivity contribution is 5.65. The van der Waals surface area contributed by atoms with Crippen LogP contribution in [-0.4, -0.2) is 10.1 Å². The fourth-order valence-electron chi connectivity index (χ4n) is 1.14. The Hall–Kier alpha value is -1.83. The molecule has 1 radical (unpaired) electrons. The first kappa shape index (κ1) is 7.80. The zero-order valence-electron chi connectivity index (χ0n) is 6.94. The zero-order chi connectivity index (χ0) is 9.10. The average molecular weight is 170 g/mol. The standard InChI is InChI=1S/C11H8NO/c13-11-7-2-1-5-9(11)10-6-3-4-8-12-10/h1-4,6-8,13H. The Morgan fingerprint density at radius 1 is 1.15 bits per heavy atom. The molecular weight excluding hydrogens is 162 g/mol. The molecular formula is C11H8NO. The molecule has 0 bridgehead atoms. The third-order valence-electron chi connectivity index (χ3n) is 1.76. The summed E-state index contributed by atoms with van der Waals surface area (Å²) in [5.41, 5.74) is 1.38. The van der Waals surface area contributed by atoms with Gasteiger partial charge in [-0.3, -0.25) is 4.98 Å². The van der Waals surface area contributed by atoms with Crippen LogP contribution in [0.2, 0.25) is 0 Å². The van der Waals surface area contributed by atoms with Crippen molar-refractivity contribution in [2.75, 3.05) is 0 Å². The van der Waals surface area contributed by atoms with Gasteiger partial charge in [-0.2, -0.15) is 0 Å². The molecule has 0 spiro atoms. The van der Waals surface area contributed by atoms with Crippen LogP contribution in [0.15, 0.2) is 42.6 Å². The van der Waals surface area contributed by atoms with E-state index in [1.165, 1.54) is 0 Å². The lowest BCUT2D eigenvalue weighted by atomic mass is 10.1. The number of hydrogen-bond donors (Lipinski definition) is 1. The Morgan fingerprint density at radius 3 is 2.77 bits per heavy atom. The molecule has 0 aliphatic heterocycles. The summed E-state index contributed by atoms with van der Waals surface area (Å²) < 4.78 is 0. The van der Waals surface area contributed by atoms with Crippen molar-refractivity contribution in [2.45, 2.75) is 0 Å². The maximum Gasteiger partial charge on any atom is 0.125 e. The molecule has 0 amide bonds. The van der Waals surface area contributed by atoms with Crippen molar-refractivity contribution in [1.29, 1.82) is 0 Å². The molecule has 2 heteroatoms. The normalized spacial score (nSPS) is 9.85. The van der Waals surface area contributed by atoms with Gasteiger partial charge in [0.05, 0.1) is 5.69 Å². The predicted octanol–water partition coefficient (Wildman–Crippen LogP) is 2.25. The van der Waals surface area contributed by atoms with E-state index in [9.17, 15) is 5.11 Å². The number of aromatic hydroxyl groups is 1. The van der Waals surface area contributed by atoms with Crippen LogP contribution in [-0.2, 0) is 0 Å². The first-order valence-electron chi connectivity index (χ1n) is 3.99. The van der Waals surface area contributed by atoms with Crippen LogP contribution in [0.4, 0.5) is 0 Å². The van der Waals surface area contributed by atoms with Gasteiger partial charge in [-0.05, 0) is 24.3 Å². The minimum Gasteiger partial charge on any atom is -0.507 e. The van der Waals surface area contributed by atoms with Crippen LogP contribution in [0.3, 0.4) is 0 Å². The maximum absolute atomic E-state index is 9.49. The second kappa shape index (κ2) is 3.27. The van der Waals surface area contributed by atoms with Crippen LogP contribution < -0.4 is 0 Å². The van der Waals surface area contributed by atoms with Crippen LogP contribution in [0, 0.1) is 6.07 Å². The average Bonchev–Trinajstić information content (AvgIpc) is 2.20. The minimum atomic E-state index is 0.209. The molecule has 0 atom stereocenters. The van der Waals surface area contributed by atoms with E-state index in [0.29, 0.717) is 5.56 Å². The summed E-state index contributed by atoms with van der Waals surface area (Å²) in [5, 5.41) is 9.49. The number of phenolic OH excluding ortho intramolecular Hbond substituents is 1. The summed E-state index contributed by atoms with van der Waals surface area (Å²) in [6.07, 6.45) is 1.69. The van der Waals surface area contributed by atoms with Crippen molar-refractivity contribution < 1.29 is 5.11 Å². The topological polar surface area (TPSA) is 33.1 Å². The molecule has 0 unspecified atom stereocenters. The van der Waals surface area contributed by atoms with Gasteiger partial charge in [-0.25, -0.2) is 0 Å². The number of phenols is 1. The van der Waals surface area contributed by atoms with E-state index in [-0.39, 0.29) is 5.75 Å². The maximum atomic E-state index is 9.49. The van der Waals surface area contributed by atoms with Crippen molar-refractivity contribution in [3.8, 4) is 17.0 Å². The van der Waals surface area contributed by atoms with E-state index >= 15 is 0 Å². The van der Waals surface area contributed by atoms with Gasteiger partial charge in [-0.15, -0.1) is 0 Å². The van der Waals surface area contributed by atoms with Gasteiger partial charge in [0.1, 0.15) is 5.75 Å².